The van der Waals surface area contributed by atoms with Gasteiger partial charge in [-0.25, -0.2) is 0 Å². The lowest BCUT2D eigenvalue weighted by atomic mass is 10.2. The molecule has 2 rings (SSSR count). The summed E-state index contributed by atoms with van der Waals surface area (Å²) in [6.07, 6.45) is 1.43. The number of methoxy groups -OCH3 is 2. The highest BCUT2D eigenvalue weighted by atomic mass is 35.5. The molecule has 0 aliphatic carbocycles. The molecule has 2 aromatic carbocycles. The highest BCUT2D eigenvalue weighted by molar-refractivity contribution is 6.32. The standard InChI is InChI=1S/C17H18ClN3O5/c1-4-26-17-14(21(22)23)7-11(8-16(17)25-3)10-19-20-12-5-6-15(24-2)13(18)9-12/h5-10,20H,4H2,1-3H3/b19-10+. The Bertz CT molecular complexity index is 826. The monoisotopic (exact) mass is 379 g/mol. The van der Waals surface area contributed by atoms with Crippen LogP contribution < -0.4 is 19.6 Å². The van der Waals surface area contributed by atoms with E-state index in [0.29, 0.717) is 22.0 Å². The highest BCUT2D eigenvalue weighted by Crippen LogP contribution is 2.38. The molecule has 0 radical (unpaired) electrons. The second-order valence-electron chi connectivity index (χ2n) is 4.98. The van der Waals surface area contributed by atoms with Crippen LogP contribution >= 0.6 is 11.6 Å². The van der Waals surface area contributed by atoms with Crippen molar-refractivity contribution in [2.75, 3.05) is 26.3 Å². The number of hydrogen-bond acceptors (Lipinski definition) is 7. The molecule has 9 heteroatoms. The van der Waals surface area contributed by atoms with E-state index in [0.717, 1.165) is 0 Å². The Morgan fingerprint density at radius 1 is 1.23 bits per heavy atom. The van der Waals surface area contributed by atoms with Crippen LogP contribution in [0.25, 0.3) is 0 Å². The van der Waals surface area contributed by atoms with Crippen LogP contribution in [0.4, 0.5) is 11.4 Å². The zero-order valence-corrected chi connectivity index (χ0v) is 15.2. The molecule has 0 bridgehead atoms. The smallest absolute Gasteiger partial charge is 0.315 e. The fourth-order valence-corrected chi connectivity index (χ4v) is 2.43. The third-order valence-corrected chi connectivity index (χ3v) is 3.62. The number of nitrogens with one attached hydrogen (secondary N) is 1. The summed E-state index contributed by atoms with van der Waals surface area (Å²) in [6.45, 7) is 2.02. The Hall–Kier alpha value is -3.00. The molecule has 2 aromatic rings. The van der Waals surface area contributed by atoms with Gasteiger partial charge in [-0.2, -0.15) is 5.10 Å². The minimum absolute atomic E-state index is 0.0899. The van der Waals surface area contributed by atoms with E-state index >= 15 is 0 Å². The highest BCUT2D eigenvalue weighted by Gasteiger charge is 2.21. The molecule has 0 saturated carbocycles. The number of halogens is 1. The summed E-state index contributed by atoms with van der Waals surface area (Å²) in [5, 5.41) is 15.8. The zero-order chi connectivity index (χ0) is 19.1. The quantitative estimate of drug-likeness (QED) is 0.421. The Morgan fingerprint density at radius 2 is 1.96 bits per heavy atom. The fraction of sp³-hybridized carbons (Fsp3) is 0.235. The molecule has 0 aliphatic heterocycles. The number of hydrogen-bond donors (Lipinski definition) is 1. The van der Waals surface area contributed by atoms with Gasteiger partial charge in [0.15, 0.2) is 5.75 Å². The van der Waals surface area contributed by atoms with Gasteiger partial charge in [0.1, 0.15) is 5.75 Å². The van der Waals surface area contributed by atoms with Gasteiger partial charge in [0.05, 0.1) is 42.7 Å². The maximum Gasteiger partial charge on any atom is 0.315 e. The van der Waals surface area contributed by atoms with E-state index in [1.165, 1.54) is 26.5 Å². The summed E-state index contributed by atoms with van der Waals surface area (Å²) in [4.78, 5) is 10.8. The van der Waals surface area contributed by atoms with E-state index in [1.807, 2.05) is 0 Å². The van der Waals surface area contributed by atoms with E-state index in [-0.39, 0.29) is 23.8 Å². The van der Waals surface area contributed by atoms with Crippen molar-refractivity contribution in [1.82, 2.24) is 0 Å². The molecule has 0 spiro atoms. The minimum Gasteiger partial charge on any atom is -0.495 e. The Kier molecular flexibility index (Phi) is 6.62. The normalized spacial score (nSPS) is 10.6. The zero-order valence-electron chi connectivity index (χ0n) is 14.5. The molecule has 0 unspecified atom stereocenters. The van der Waals surface area contributed by atoms with Gasteiger partial charge in [0.25, 0.3) is 0 Å². The van der Waals surface area contributed by atoms with Crippen LogP contribution in [0.3, 0.4) is 0 Å². The number of ether oxygens (including phenoxy) is 3. The summed E-state index contributed by atoms with van der Waals surface area (Å²) < 4.78 is 15.6. The summed E-state index contributed by atoms with van der Waals surface area (Å²) >= 11 is 6.05. The van der Waals surface area contributed by atoms with Crippen molar-refractivity contribution < 1.29 is 19.1 Å². The van der Waals surface area contributed by atoms with Gasteiger partial charge >= 0.3 is 5.69 Å². The first-order chi connectivity index (χ1) is 12.5. The van der Waals surface area contributed by atoms with Gasteiger partial charge in [-0.3, -0.25) is 15.5 Å². The fourth-order valence-electron chi connectivity index (χ4n) is 2.18. The van der Waals surface area contributed by atoms with Crippen LogP contribution in [0.15, 0.2) is 35.4 Å². The molecule has 0 amide bonds. The number of rotatable bonds is 8. The number of nitro benzene ring substituents is 1. The molecule has 26 heavy (non-hydrogen) atoms. The SMILES string of the molecule is CCOc1c(OC)cc(/C=N/Nc2ccc(OC)c(Cl)c2)cc1[N+](=O)[O-]. The summed E-state index contributed by atoms with van der Waals surface area (Å²) in [5.74, 6) is 0.898. The lowest BCUT2D eigenvalue weighted by Gasteiger charge is -2.10. The van der Waals surface area contributed by atoms with Crippen LogP contribution in [0, 0.1) is 10.1 Å². The predicted octanol–water partition coefficient (Wildman–Crippen LogP) is 4.11. The minimum atomic E-state index is -0.526. The van der Waals surface area contributed by atoms with E-state index in [2.05, 4.69) is 10.5 Å². The maximum absolute atomic E-state index is 11.3. The molecule has 0 atom stereocenters. The molecule has 0 aromatic heterocycles. The molecule has 1 N–H and O–H groups in total. The third-order valence-electron chi connectivity index (χ3n) is 3.32. The van der Waals surface area contributed by atoms with Gasteiger partial charge in [-0.1, -0.05) is 11.6 Å². The Morgan fingerprint density at radius 3 is 2.54 bits per heavy atom. The van der Waals surface area contributed by atoms with Gasteiger partial charge in [-0.15, -0.1) is 0 Å². The van der Waals surface area contributed by atoms with Crippen LogP contribution in [0.5, 0.6) is 17.2 Å². The molecule has 0 aliphatic rings. The first kappa shape index (κ1) is 19.3. The molecule has 0 fully saturated rings. The molecular formula is C17H18ClN3O5. The first-order valence-corrected chi connectivity index (χ1v) is 7.99. The number of benzene rings is 2. The second kappa shape index (κ2) is 8.91. The molecule has 8 nitrogen and oxygen atoms in total. The van der Waals surface area contributed by atoms with Crippen molar-refractivity contribution in [3.63, 3.8) is 0 Å². The van der Waals surface area contributed by atoms with E-state index < -0.39 is 4.92 Å². The molecule has 0 heterocycles. The van der Waals surface area contributed by atoms with Crippen molar-refractivity contribution >= 4 is 29.2 Å². The van der Waals surface area contributed by atoms with Crippen LogP contribution in [-0.2, 0) is 0 Å². The second-order valence-corrected chi connectivity index (χ2v) is 5.39. The van der Waals surface area contributed by atoms with Gasteiger partial charge < -0.3 is 14.2 Å². The first-order valence-electron chi connectivity index (χ1n) is 7.62. The van der Waals surface area contributed by atoms with Crippen molar-refractivity contribution in [3.8, 4) is 17.2 Å². The van der Waals surface area contributed by atoms with Crippen LogP contribution in [0.1, 0.15) is 12.5 Å². The van der Waals surface area contributed by atoms with Crippen LogP contribution in [-0.4, -0.2) is 32.0 Å². The van der Waals surface area contributed by atoms with Crippen molar-refractivity contribution in [1.29, 1.82) is 0 Å². The average Bonchev–Trinajstić information content (AvgIpc) is 2.62. The number of hydrazone groups is 1. The van der Waals surface area contributed by atoms with Crippen molar-refractivity contribution in [3.05, 3.63) is 51.0 Å². The Balaban J connectivity index is 2.25. The summed E-state index contributed by atoms with van der Waals surface area (Å²) in [6, 6.07) is 8.05. The van der Waals surface area contributed by atoms with E-state index in [4.69, 9.17) is 25.8 Å². The molecule has 0 saturated heterocycles. The number of anilines is 1. The third kappa shape index (κ3) is 4.54. The van der Waals surface area contributed by atoms with Gasteiger partial charge in [0.2, 0.25) is 5.75 Å². The summed E-state index contributed by atoms with van der Waals surface area (Å²) in [5.41, 5.74) is 3.72. The average molecular weight is 380 g/mol. The number of nitrogens with zero attached hydrogens (tertiary/aromatic N) is 2. The lowest BCUT2D eigenvalue weighted by molar-refractivity contribution is -0.385. The van der Waals surface area contributed by atoms with E-state index in [1.54, 1.807) is 31.2 Å². The van der Waals surface area contributed by atoms with Crippen molar-refractivity contribution in [2.45, 2.75) is 6.92 Å². The largest absolute Gasteiger partial charge is 0.495 e. The molecule has 138 valence electrons. The predicted molar refractivity (Wildman–Crippen MR) is 100 cm³/mol. The number of nitro groups is 1. The summed E-state index contributed by atoms with van der Waals surface area (Å²) in [7, 11) is 2.94. The topological polar surface area (TPSA) is 95.2 Å². The molecular weight excluding hydrogens is 362 g/mol. The van der Waals surface area contributed by atoms with Gasteiger partial charge in [0, 0.05) is 11.6 Å². The van der Waals surface area contributed by atoms with Gasteiger partial charge in [-0.05, 0) is 31.2 Å². The Labute approximate surface area is 155 Å². The van der Waals surface area contributed by atoms with Crippen molar-refractivity contribution in [2.24, 2.45) is 5.10 Å². The maximum atomic E-state index is 11.3. The van der Waals surface area contributed by atoms with E-state index in [9.17, 15) is 10.1 Å². The van der Waals surface area contributed by atoms with Crippen LogP contribution in [0.2, 0.25) is 5.02 Å². The lowest BCUT2D eigenvalue weighted by Crippen LogP contribution is -2.02.